The van der Waals surface area contributed by atoms with Gasteiger partial charge in [0.1, 0.15) is 5.60 Å². The van der Waals surface area contributed by atoms with E-state index in [-0.39, 0.29) is 6.09 Å². The van der Waals surface area contributed by atoms with Gasteiger partial charge in [0.05, 0.1) is 0 Å². The number of hydrogen-bond donors (Lipinski definition) is 2. The Morgan fingerprint density at radius 1 is 1.31 bits per heavy atom. The molecular formula is C12H22N2O2. The van der Waals surface area contributed by atoms with E-state index in [1.165, 1.54) is 6.42 Å². The van der Waals surface area contributed by atoms with Crippen LogP contribution < -0.4 is 10.6 Å². The first-order valence-electron chi connectivity index (χ1n) is 6.16. The zero-order valence-corrected chi connectivity index (χ0v) is 10.4. The number of alkyl carbamates (subject to hydrolysis) is 1. The van der Waals surface area contributed by atoms with Crippen molar-refractivity contribution in [2.45, 2.75) is 45.3 Å². The molecule has 16 heavy (non-hydrogen) atoms. The minimum Gasteiger partial charge on any atom is -0.444 e. The Hall–Kier alpha value is -0.770. The highest BCUT2D eigenvalue weighted by molar-refractivity contribution is 5.68. The number of ether oxygens (including phenoxy) is 1. The van der Waals surface area contributed by atoms with Gasteiger partial charge in [-0.1, -0.05) is 0 Å². The fraction of sp³-hybridized carbons (Fsp3) is 0.917. The second-order valence-corrected chi connectivity index (χ2v) is 5.91. The molecule has 1 saturated heterocycles. The second kappa shape index (κ2) is 4.24. The molecule has 4 nitrogen and oxygen atoms in total. The van der Waals surface area contributed by atoms with Crippen LogP contribution in [0.25, 0.3) is 0 Å². The second-order valence-electron chi connectivity index (χ2n) is 5.91. The van der Waals surface area contributed by atoms with E-state index in [0.29, 0.717) is 12.0 Å². The van der Waals surface area contributed by atoms with E-state index < -0.39 is 5.60 Å². The molecule has 3 atom stereocenters. The van der Waals surface area contributed by atoms with Gasteiger partial charge < -0.3 is 15.4 Å². The number of carbonyl (C=O) groups excluding carboxylic acids is 1. The normalized spacial score (nSPS) is 33.6. The smallest absolute Gasteiger partial charge is 0.407 e. The Labute approximate surface area is 97.1 Å². The van der Waals surface area contributed by atoms with Crippen LogP contribution in [0.3, 0.4) is 0 Å². The Morgan fingerprint density at radius 2 is 2.06 bits per heavy atom. The van der Waals surface area contributed by atoms with Gasteiger partial charge in [-0.3, -0.25) is 0 Å². The number of rotatable bonds is 1. The predicted octanol–water partition coefficient (Wildman–Crippen LogP) is 1.51. The van der Waals surface area contributed by atoms with Gasteiger partial charge in [0.15, 0.2) is 0 Å². The minimum absolute atomic E-state index is 0.273. The van der Waals surface area contributed by atoms with Crippen molar-refractivity contribution in [2.75, 3.05) is 13.1 Å². The summed E-state index contributed by atoms with van der Waals surface area (Å²) >= 11 is 0. The summed E-state index contributed by atoms with van der Waals surface area (Å²) in [6.07, 6.45) is 2.04. The molecule has 0 unspecified atom stereocenters. The van der Waals surface area contributed by atoms with Gasteiger partial charge >= 0.3 is 6.09 Å². The lowest BCUT2D eigenvalue weighted by atomic mass is 9.98. The maximum Gasteiger partial charge on any atom is 0.407 e. The molecular weight excluding hydrogens is 204 g/mol. The molecule has 0 aromatic carbocycles. The van der Waals surface area contributed by atoms with E-state index in [9.17, 15) is 4.79 Å². The van der Waals surface area contributed by atoms with Crippen molar-refractivity contribution in [1.29, 1.82) is 0 Å². The monoisotopic (exact) mass is 226 g/mol. The number of carbonyl (C=O) groups is 1. The van der Waals surface area contributed by atoms with Crippen molar-refractivity contribution in [3.05, 3.63) is 0 Å². The third-order valence-corrected chi connectivity index (χ3v) is 3.46. The molecule has 0 radical (unpaired) electrons. The number of fused-ring (bicyclic) bond motifs is 1. The largest absolute Gasteiger partial charge is 0.444 e. The average Bonchev–Trinajstić information content (AvgIpc) is 2.66. The highest BCUT2D eigenvalue weighted by Gasteiger charge is 2.40. The third kappa shape index (κ3) is 2.67. The van der Waals surface area contributed by atoms with Crippen LogP contribution >= 0.6 is 0 Å². The fourth-order valence-electron chi connectivity index (χ4n) is 2.79. The highest BCUT2D eigenvalue weighted by Crippen LogP contribution is 2.34. The van der Waals surface area contributed by atoms with Crippen molar-refractivity contribution in [3.63, 3.8) is 0 Å². The minimum atomic E-state index is -0.407. The van der Waals surface area contributed by atoms with Gasteiger partial charge in [-0.2, -0.15) is 0 Å². The van der Waals surface area contributed by atoms with Crippen LogP contribution in [0.1, 0.15) is 33.6 Å². The van der Waals surface area contributed by atoms with Crippen molar-refractivity contribution in [2.24, 2.45) is 11.8 Å². The Kier molecular flexibility index (Phi) is 3.10. The Bertz CT molecular complexity index is 273. The third-order valence-electron chi connectivity index (χ3n) is 3.46. The van der Waals surface area contributed by atoms with Gasteiger partial charge in [-0.05, 0) is 52.0 Å². The number of amides is 1. The van der Waals surface area contributed by atoms with Crippen LogP contribution in [0.2, 0.25) is 0 Å². The van der Waals surface area contributed by atoms with Crippen LogP contribution in [0.4, 0.5) is 4.79 Å². The summed E-state index contributed by atoms with van der Waals surface area (Å²) in [6.45, 7) is 7.81. The molecule has 4 heteroatoms. The summed E-state index contributed by atoms with van der Waals surface area (Å²) in [7, 11) is 0. The molecule has 0 aromatic rings. The van der Waals surface area contributed by atoms with Gasteiger partial charge in [0.25, 0.3) is 0 Å². The number of nitrogens with one attached hydrogen (secondary N) is 2. The molecule has 2 aliphatic rings. The molecule has 92 valence electrons. The van der Waals surface area contributed by atoms with E-state index >= 15 is 0 Å². The zero-order valence-electron chi connectivity index (χ0n) is 10.4. The summed E-state index contributed by atoms with van der Waals surface area (Å²) in [5.74, 6) is 1.35. The Balaban J connectivity index is 1.83. The highest BCUT2D eigenvalue weighted by atomic mass is 16.6. The van der Waals surface area contributed by atoms with Crippen LogP contribution in [0.15, 0.2) is 0 Å². The predicted molar refractivity (Wildman–Crippen MR) is 62.2 cm³/mol. The summed E-state index contributed by atoms with van der Waals surface area (Å²) in [5, 5.41) is 6.39. The van der Waals surface area contributed by atoms with E-state index in [2.05, 4.69) is 10.6 Å². The quantitative estimate of drug-likeness (QED) is 0.712. The molecule has 2 N–H and O–H groups in total. The van der Waals surface area contributed by atoms with Gasteiger partial charge in [-0.25, -0.2) is 4.79 Å². The molecule has 0 bridgehead atoms. The lowest BCUT2D eigenvalue weighted by molar-refractivity contribution is 0.0493. The first-order valence-corrected chi connectivity index (χ1v) is 6.16. The van der Waals surface area contributed by atoms with E-state index in [1.807, 2.05) is 20.8 Å². The fourth-order valence-corrected chi connectivity index (χ4v) is 2.79. The van der Waals surface area contributed by atoms with E-state index in [0.717, 1.165) is 25.4 Å². The molecule has 0 aromatic heterocycles. The SMILES string of the molecule is CC(C)(C)OC(=O)N[C@@H]1CC[C@@H]2CNC[C@H]21. The molecule has 1 aliphatic heterocycles. The number of hydrogen-bond acceptors (Lipinski definition) is 3. The molecule has 2 rings (SSSR count). The summed E-state index contributed by atoms with van der Waals surface area (Å²) < 4.78 is 5.28. The van der Waals surface area contributed by atoms with Crippen LogP contribution in [0.5, 0.6) is 0 Å². The first-order chi connectivity index (χ1) is 7.46. The summed E-state index contributed by atoms with van der Waals surface area (Å²) in [5.41, 5.74) is -0.407. The lowest BCUT2D eigenvalue weighted by Crippen LogP contribution is -2.42. The first kappa shape index (κ1) is 11.7. The molecule has 1 amide bonds. The molecule has 1 saturated carbocycles. The standard InChI is InChI=1S/C12H22N2O2/c1-12(2,3)16-11(15)14-10-5-4-8-6-13-7-9(8)10/h8-10,13H,4-7H2,1-3H3,(H,14,15)/t8-,9-,10-/m1/s1. The van der Waals surface area contributed by atoms with Gasteiger partial charge in [0, 0.05) is 12.6 Å². The maximum atomic E-state index is 11.6. The van der Waals surface area contributed by atoms with Crippen LogP contribution in [0, 0.1) is 11.8 Å². The van der Waals surface area contributed by atoms with Gasteiger partial charge in [0.2, 0.25) is 0 Å². The van der Waals surface area contributed by atoms with Crippen molar-refractivity contribution >= 4 is 6.09 Å². The summed E-state index contributed by atoms with van der Waals surface area (Å²) in [4.78, 5) is 11.6. The zero-order chi connectivity index (χ0) is 11.8. The van der Waals surface area contributed by atoms with Crippen molar-refractivity contribution in [1.82, 2.24) is 10.6 Å². The maximum absolute atomic E-state index is 11.6. The summed E-state index contributed by atoms with van der Waals surface area (Å²) in [6, 6.07) is 0.301. The topological polar surface area (TPSA) is 50.4 Å². The van der Waals surface area contributed by atoms with Crippen molar-refractivity contribution < 1.29 is 9.53 Å². The molecule has 2 fully saturated rings. The van der Waals surface area contributed by atoms with Crippen LogP contribution in [-0.4, -0.2) is 30.8 Å². The molecule has 0 spiro atoms. The van der Waals surface area contributed by atoms with Crippen LogP contribution in [-0.2, 0) is 4.74 Å². The van der Waals surface area contributed by atoms with E-state index in [1.54, 1.807) is 0 Å². The average molecular weight is 226 g/mol. The van der Waals surface area contributed by atoms with E-state index in [4.69, 9.17) is 4.74 Å². The van der Waals surface area contributed by atoms with Gasteiger partial charge in [-0.15, -0.1) is 0 Å². The molecule has 1 heterocycles. The molecule has 1 aliphatic carbocycles. The van der Waals surface area contributed by atoms with Crippen molar-refractivity contribution in [3.8, 4) is 0 Å². The Morgan fingerprint density at radius 3 is 2.75 bits per heavy atom. The lowest BCUT2D eigenvalue weighted by Gasteiger charge is -2.24.